The number of aldehydes is 1. The topological polar surface area (TPSA) is 76.2 Å². The van der Waals surface area contributed by atoms with Crippen LogP contribution in [-0.4, -0.2) is 59.6 Å². The van der Waals surface area contributed by atoms with Crippen LogP contribution in [0.15, 0.2) is 18.2 Å². The van der Waals surface area contributed by atoms with Crippen molar-refractivity contribution in [1.82, 2.24) is 9.80 Å². The lowest BCUT2D eigenvalue weighted by atomic mass is 9.84. The van der Waals surface area contributed by atoms with Crippen molar-refractivity contribution in [2.45, 2.75) is 83.5 Å². The lowest BCUT2D eigenvalue weighted by molar-refractivity contribution is -0.143. The van der Waals surface area contributed by atoms with Crippen molar-refractivity contribution in [2.24, 2.45) is 5.92 Å². The highest BCUT2D eigenvalue weighted by molar-refractivity contribution is 5.70. The third-order valence-electron chi connectivity index (χ3n) is 6.26. The zero-order chi connectivity index (χ0) is 29.1. The second-order valence-electron chi connectivity index (χ2n) is 10.2. The van der Waals surface area contributed by atoms with E-state index >= 15 is 0 Å². The van der Waals surface area contributed by atoms with Gasteiger partial charge in [-0.05, 0) is 63.3 Å². The molecule has 1 aromatic carbocycles. The number of carbonyl (C=O) groups is 3. The van der Waals surface area contributed by atoms with Crippen LogP contribution >= 0.6 is 0 Å². The van der Waals surface area contributed by atoms with Gasteiger partial charge in [-0.15, -0.1) is 0 Å². The van der Waals surface area contributed by atoms with E-state index in [0.717, 1.165) is 12.0 Å². The molecular formula is C25H32F6N2O5. The predicted octanol–water partition coefficient (Wildman–Crippen LogP) is 6.29. The van der Waals surface area contributed by atoms with Gasteiger partial charge in [0.05, 0.1) is 18.2 Å². The summed E-state index contributed by atoms with van der Waals surface area (Å²) in [6, 6.07) is -0.328. The molecule has 1 heterocycles. The van der Waals surface area contributed by atoms with Crippen LogP contribution in [0.3, 0.4) is 0 Å². The van der Waals surface area contributed by atoms with E-state index in [1.165, 1.54) is 4.90 Å². The predicted molar refractivity (Wildman–Crippen MR) is 124 cm³/mol. The van der Waals surface area contributed by atoms with Crippen LogP contribution < -0.4 is 0 Å². The van der Waals surface area contributed by atoms with E-state index in [4.69, 9.17) is 9.47 Å². The number of carbonyl (C=O) groups excluding carboxylic acids is 3. The van der Waals surface area contributed by atoms with Gasteiger partial charge in [0.15, 0.2) is 0 Å². The SMILES string of the molecule is CCC1CN(C(=O)OC(C)(C)C)C(CC=O)CC1N(Cc1cc(C(F)(F)F)cc(C(F)(F)F)c1)C(=O)OC. The number of alkyl halides is 6. The van der Waals surface area contributed by atoms with Gasteiger partial charge in [0.1, 0.15) is 11.9 Å². The van der Waals surface area contributed by atoms with Crippen molar-refractivity contribution in [3.8, 4) is 0 Å². The molecule has 13 heteroatoms. The molecule has 0 aromatic heterocycles. The molecule has 1 aliphatic heterocycles. The summed E-state index contributed by atoms with van der Waals surface area (Å²) < 4.78 is 90.6. The van der Waals surface area contributed by atoms with E-state index in [0.29, 0.717) is 24.8 Å². The summed E-state index contributed by atoms with van der Waals surface area (Å²) in [7, 11) is 1.04. The first-order valence-electron chi connectivity index (χ1n) is 12.0. The molecule has 0 saturated carbocycles. The first-order chi connectivity index (χ1) is 17.4. The zero-order valence-corrected chi connectivity index (χ0v) is 21.8. The minimum Gasteiger partial charge on any atom is -0.453 e. The van der Waals surface area contributed by atoms with Crippen molar-refractivity contribution >= 4 is 18.5 Å². The molecule has 3 unspecified atom stereocenters. The van der Waals surface area contributed by atoms with Crippen LogP contribution in [0.25, 0.3) is 0 Å². The second-order valence-corrected chi connectivity index (χ2v) is 10.2. The molecule has 1 saturated heterocycles. The standard InChI is InChI=1S/C25H32F6N2O5/c1-6-16-14-32(22(36)38-23(2,3)4)19(7-8-34)12-20(16)33(21(35)37-5)13-15-9-17(24(26,27)28)11-18(10-15)25(29,30)31/h8-11,16,19-20H,6-7,12-14H2,1-5H3. The fourth-order valence-electron chi connectivity index (χ4n) is 4.53. The van der Waals surface area contributed by atoms with Crippen molar-refractivity contribution in [3.05, 3.63) is 34.9 Å². The number of ether oxygens (including phenoxy) is 2. The maximum Gasteiger partial charge on any atom is 0.416 e. The number of methoxy groups -OCH3 is 1. The molecule has 0 bridgehead atoms. The maximum atomic E-state index is 13.4. The Morgan fingerprint density at radius 2 is 1.61 bits per heavy atom. The van der Waals surface area contributed by atoms with Gasteiger partial charge in [-0.1, -0.05) is 6.92 Å². The highest BCUT2D eigenvalue weighted by Crippen LogP contribution is 2.38. The van der Waals surface area contributed by atoms with E-state index in [9.17, 15) is 40.7 Å². The number of rotatable bonds is 6. The summed E-state index contributed by atoms with van der Waals surface area (Å²) in [6.45, 7) is 6.23. The lowest BCUT2D eigenvalue weighted by Crippen LogP contribution is -2.58. The fourth-order valence-corrected chi connectivity index (χ4v) is 4.53. The molecule has 1 aromatic rings. The van der Waals surface area contributed by atoms with E-state index in [1.807, 2.05) is 0 Å². The molecule has 3 atom stereocenters. The Kier molecular flexibility index (Phi) is 9.71. The second kappa shape index (κ2) is 11.8. The summed E-state index contributed by atoms with van der Waals surface area (Å²) in [6.07, 6.45) is -10.8. The number of hydrogen-bond acceptors (Lipinski definition) is 5. The van der Waals surface area contributed by atoms with Crippen LogP contribution in [0.4, 0.5) is 35.9 Å². The summed E-state index contributed by atoms with van der Waals surface area (Å²) in [5, 5.41) is 0. The van der Waals surface area contributed by atoms with Gasteiger partial charge in [0.25, 0.3) is 0 Å². The Balaban J connectivity index is 2.50. The van der Waals surface area contributed by atoms with Crippen molar-refractivity contribution in [3.63, 3.8) is 0 Å². The summed E-state index contributed by atoms with van der Waals surface area (Å²) in [5.74, 6) is -0.433. The monoisotopic (exact) mass is 554 g/mol. The van der Waals surface area contributed by atoms with Crippen molar-refractivity contribution in [1.29, 1.82) is 0 Å². The smallest absolute Gasteiger partial charge is 0.416 e. The number of hydrogen-bond donors (Lipinski definition) is 0. The Bertz CT molecular complexity index is 973. The number of benzene rings is 1. The molecule has 0 spiro atoms. The Morgan fingerprint density at radius 3 is 2.03 bits per heavy atom. The van der Waals surface area contributed by atoms with Gasteiger partial charge in [-0.3, -0.25) is 0 Å². The minimum atomic E-state index is -5.05. The molecule has 1 fully saturated rings. The number of halogens is 6. The quantitative estimate of drug-likeness (QED) is 0.305. The molecule has 0 aliphatic carbocycles. The summed E-state index contributed by atoms with van der Waals surface area (Å²) in [4.78, 5) is 39.5. The Morgan fingerprint density at radius 1 is 1.05 bits per heavy atom. The molecule has 0 N–H and O–H groups in total. The zero-order valence-electron chi connectivity index (χ0n) is 21.8. The Hall–Kier alpha value is -2.99. The number of likely N-dealkylation sites (tertiary alicyclic amines) is 1. The van der Waals surface area contributed by atoms with Crippen molar-refractivity contribution in [2.75, 3.05) is 13.7 Å². The minimum absolute atomic E-state index is 0.0141. The van der Waals surface area contributed by atoms with Crippen LogP contribution in [0.1, 0.15) is 63.6 Å². The van der Waals surface area contributed by atoms with Crippen LogP contribution in [0.2, 0.25) is 0 Å². The average molecular weight is 555 g/mol. The average Bonchev–Trinajstić information content (AvgIpc) is 2.79. The van der Waals surface area contributed by atoms with Crippen LogP contribution in [0, 0.1) is 5.92 Å². The van der Waals surface area contributed by atoms with E-state index in [2.05, 4.69) is 0 Å². The van der Waals surface area contributed by atoms with Gasteiger partial charge in [0.2, 0.25) is 0 Å². The fraction of sp³-hybridized carbons (Fsp3) is 0.640. The third-order valence-corrected chi connectivity index (χ3v) is 6.26. The van der Waals surface area contributed by atoms with E-state index < -0.39 is 71.4 Å². The highest BCUT2D eigenvalue weighted by atomic mass is 19.4. The number of piperidine rings is 1. The van der Waals surface area contributed by atoms with Crippen molar-refractivity contribution < 1.29 is 50.2 Å². The maximum absolute atomic E-state index is 13.4. The normalized spacial score (nSPS) is 20.6. The first kappa shape index (κ1) is 31.2. The van der Waals surface area contributed by atoms with Gasteiger partial charge >= 0.3 is 24.5 Å². The summed E-state index contributed by atoms with van der Waals surface area (Å²) in [5.41, 5.74) is -4.22. The van der Waals surface area contributed by atoms with Crippen LogP contribution in [-0.2, 0) is 33.2 Å². The van der Waals surface area contributed by atoms with E-state index in [1.54, 1.807) is 27.7 Å². The van der Waals surface area contributed by atoms with E-state index in [-0.39, 0.29) is 25.5 Å². The lowest BCUT2D eigenvalue weighted by Gasteiger charge is -2.47. The van der Waals surface area contributed by atoms with Gasteiger partial charge in [-0.25, -0.2) is 9.59 Å². The number of nitrogens with zero attached hydrogens (tertiary/aromatic N) is 2. The molecule has 214 valence electrons. The third kappa shape index (κ3) is 8.00. The van der Waals surface area contributed by atoms with Gasteiger partial charge in [0, 0.05) is 31.6 Å². The Labute approximate surface area is 217 Å². The molecule has 0 radical (unpaired) electrons. The van der Waals surface area contributed by atoms with Crippen LogP contribution in [0.5, 0.6) is 0 Å². The highest BCUT2D eigenvalue weighted by Gasteiger charge is 2.43. The molecule has 1 aliphatic rings. The molecule has 38 heavy (non-hydrogen) atoms. The number of amides is 2. The molecular weight excluding hydrogens is 522 g/mol. The van der Waals surface area contributed by atoms with Gasteiger partial charge in [-0.2, -0.15) is 26.3 Å². The van der Waals surface area contributed by atoms with Gasteiger partial charge < -0.3 is 24.1 Å². The summed E-state index contributed by atoms with van der Waals surface area (Å²) >= 11 is 0. The molecule has 2 rings (SSSR count). The first-order valence-corrected chi connectivity index (χ1v) is 12.0. The molecule has 2 amide bonds. The largest absolute Gasteiger partial charge is 0.453 e. The molecule has 7 nitrogen and oxygen atoms in total.